The molecule has 3 aliphatic rings. The molecule has 1 saturated carbocycles. The maximum Gasteiger partial charge on any atom is 0.450 e. The van der Waals surface area contributed by atoms with Crippen LogP contribution >= 0.6 is 0 Å². The molecule has 2 N–H and O–H groups in total. The SMILES string of the molecule is CC(C#N)Cc1cccc(C[N+]2(c3cccc(F)c3)C(=O)N=C(NC3CCCCC3)C23CCNCC3)c1. The van der Waals surface area contributed by atoms with Crippen LogP contribution in [0, 0.1) is 23.1 Å². The van der Waals surface area contributed by atoms with Gasteiger partial charge >= 0.3 is 6.03 Å². The summed E-state index contributed by atoms with van der Waals surface area (Å²) in [5, 5.41) is 16.5. The molecule has 37 heavy (non-hydrogen) atoms. The molecule has 5 rings (SSSR count). The molecular weight excluding hydrogens is 465 g/mol. The van der Waals surface area contributed by atoms with Gasteiger partial charge in [-0.15, -0.1) is 4.99 Å². The van der Waals surface area contributed by atoms with Gasteiger partial charge in [-0.2, -0.15) is 9.74 Å². The second kappa shape index (κ2) is 10.7. The third kappa shape index (κ3) is 4.81. The highest BCUT2D eigenvalue weighted by molar-refractivity contribution is 6.13. The molecule has 2 heterocycles. The van der Waals surface area contributed by atoms with Gasteiger partial charge in [-0.05, 0) is 43.9 Å². The lowest BCUT2D eigenvalue weighted by atomic mass is 9.81. The van der Waals surface area contributed by atoms with Gasteiger partial charge < -0.3 is 10.6 Å². The molecular formula is C30H37FN5O+. The number of hydrogen-bond acceptors (Lipinski definition) is 4. The van der Waals surface area contributed by atoms with Crippen molar-refractivity contribution in [1.82, 2.24) is 15.1 Å². The minimum absolute atomic E-state index is 0.0429. The molecule has 7 heteroatoms. The van der Waals surface area contributed by atoms with Crippen LogP contribution in [0.5, 0.6) is 0 Å². The summed E-state index contributed by atoms with van der Waals surface area (Å²) < 4.78 is 14.7. The molecule has 1 spiro atoms. The monoisotopic (exact) mass is 502 g/mol. The number of benzene rings is 2. The van der Waals surface area contributed by atoms with Crippen LogP contribution in [-0.4, -0.2) is 36.5 Å². The van der Waals surface area contributed by atoms with Gasteiger partial charge in [-0.25, -0.2) is 9.18 Å². The fraction of sp³-hybridized carbons (Fsp3) is 0.500. The molecule has 6 nitrogen and oxygen atoms in total. The Morgan fingerprint density at radius 3 is 2.59 bits per heavy atom. The van der Waals surface area contributed by atoms with E-state index in [0.717, 1.165) is 55.7 Å². The second-order valence-electron chi connectivity index (χ2n) is 11.0. The van der Waals surface area contributed by atoms with Crippen LogP contribution in [0.1, 0.15) is 63.0 Å². The summed E-state index contributed by atoms with van der Waals surface area (Å²) in [6.07, 6.45) is 7.91. The van der Waals surface area contributed by atoms with Crippen LogP contribution in [0.15, 0.2) is 53.5 Å². The summed E-state index contributed by atoms with van der Waals surface area (Å²) in [7, 11) is 0. The summed E-state index contributed by atoms with van der Waals surface area (Å²) in [5.41, 5.74) is 2.11. The molecule has 2 aliphatic heterocycles. The summed E-state index contributed by atoms with van der Waals surface area (Å²) in [5.74, 6) is 0.335. The second-order valence-corrected chi connectivity index (χ2v) is 11.0. The number of piperidine rings is 1. The van der Waals surface area contributed by atoms with Crippen LogP contribution in [0.2, 0.25) is 0 Å². The van der Waals surface area contributed by atoms with E-state index in [1.165, 1.54) is 31.4 Å². The number of carbonyl (C=O) groups excluding carboxylic acids is 1. The predicted molar refractivity (Wildman–Crippen MR) is 144 cm³/mol. The molecule has 2 amide bonds. The average molecular weight is 503 g/mol. The molecule has 2 unspecified atom stereocenters. The van der Waals surface area contributed by atoms with Crippen molar-refractivity contribution in [2.75, 3.05) is 13.1 Å². The van der Waals surface area contributed by atoms with Gasteiger partial charge in [0.05, 0.1) is 6.07 Å². The van der Waals surface area contributed by atoms with E-state index in [2.05, 4.69) is 22.8 Å². The fourth-order valence-corrected chi connectivity index (χ4v) is 6.62. The maximum atomic E-state index is 14.7. The summed E-state index contributed by atoms with van der Waals surface area (Å²) in [6.45, 7) is 3.84. The minimum atomic E-state index is -0.594. The number of nitrogens with zero attached hydrogens (tertiary/aromatic N) is 3. The standard InChI is InChI=1S/C30H36FN5O/c1-22(20-32)17-23-7-5-8-24(18-23)21-36(27-12-6-9-25(31)19-27)29(37)35-28(30(36)13-15-33-16-14-30)34-26-10-3-2-4-11-26/h5-9,12,18-19,22,26,33H,2-4,10-11,13-17,21H2,1H3/p+1. The minimum Gasteiger partial charge on any atom is -0.365 e. The van der Waals surface area contributed by atoms with Crippen molar-refractivity contribution in [3.8, 4) is 6.07 Å². The Morgan fingerprint density at radius 2 is 1.86 bits per heavy atom. The van der Waals surface area contributed by atoms with Crippen molar-refractivity contribution in [1.29, 1.82) is 5.26 Å². The van der Waals surface area contributed by atoms with E-state index in [1.54, 1.807) is 6.07 Å². The molecule has 2 aromatic carbocycles. The molecule has 0 aromatic heterocycles. The van der Waals surface area contributed by atoms with Gasteiger partial charge in [0, 0.05) is 49.5 Å². The lowest BCUT2D eigenvalue weighted by Gasteiger charge is -2.48. The topological polar surface area (TPSA) is 77.3 Å². The molecule has 194 valence electrons. The first-order chi connectivity index (χ1) is 18.0. The number of amidine groups is 1. The number of aliphatic imine (C=N–C) groups is 1. The van der Waals surface area contributed by atoms with Gasteiger partial charge in [0.2, 0.25) is 0 Å². The van der Waals surface area contributed by atoms with E-state index >= 15 is 0 Å². The summed E-state index contributed by atoms with van der Waals surface area (Å²) in [6, 6.07) is 17.1. The Labute approximate surface area is 219 Å². The third-order valence-corrected chi connectivity index (χ3v) is 8.50. The van der Waals surface area contributed by atoms with Crippen molar-refractivity contribution in [2.24, 2.45) is 10.9 Å². The van der Waals surface area contributed by atoms with E-state index < -0.39 is 5.54 Å². The number of rotatable bonds is 6. The maximum absolute atomic E-state index is 14.7. The number of hydrogen-bond donors (Lipinski definition) is 2. The third-order valence-electron chi connectivity index (χ3n) is 8.50. The molecule has 2 atom stereocenters. The van der Waals surface area contributed by atoms with Gasteiger partial charge in [-0.1, -0.05) is 49.6 Å². The smallest absolute Gasteiger partial charge is 0.365 e. The Morgan fingerprint density at radius 1 is 1.14 bits per heavy atom. The number of quaternary nitrogens is 1. The van der Waals surface area contributed by atoms with E-state index in [1.807, 2.05) is 31.2 Å². The van der Waals surface area contributed by atoms with Crippen molar-refractivity contribution in [3.05, 3.63) is 65.5 Å². The first kappa shape index (κ1) is 25.6. The molecule has 0 radical (unpaired) electrons. The Kier molecular flexibility index (Phi) is 7.41. The Bertz CT molecular complexity index is 1210. The number of halogens is 1. The number of carbonyl (C=O) groups is 1. The zero-order valence-electron chi connectivity index (χ0n) is 21.7. The van der Waals surface area contributed by atoms with Crippen molar-refractivity contribution >= 4 is 17.6 Å². The quantitative estimate of drug-likeness (QED) is 0.503. The number of urea groups is 1. The van der Waals surface area contributed by atoms with Crippen LogP contribution in [0.3, 0.4) is 0 Å². The predicted octanol–water partition coefficient (Wildman–Crippen LogP) is 5.61. The van der Waals surface area contributed by atoms with Crippen molar-refractivity contribution in [3.63, 3.8) is 0 Å². The van der Waals surface area contributed by atoms with E-state index in [-0.39, 0.29) is 22.2 Å². The first-order valence-corrected chi connectivity index (χ1v) is 13.7. The van der Waals surface area contributed by atoms with Gasteiger partial charge in [0.25, 0.3) is 0 Å². The summed E-state index contributed by atoms with van der Waals surface area (Å²) >= 11 is 0. The van der Waals surface area contributed by atoms with Crippen LogP contribution in [-0.2, 0) is 13.0 Å². The lowest BCUT2D eigenvalue weighted by molar-refractivity contribution is 0.142. The highest BCUT2D eigenvalue weighted by atomic mass is 19.1. The van der Waals surface area contributed by atoms with Gasteiger partial charge in [0.1, 0.15) is 18.0 Å². The zero-order valence-corrected chi connectivity index (χ0v) is 21.7. The molecule has 1 aliphatic carbocycles. The largest absolute Gasteiger partial charge is 0.450 e. The van der Waals surface area contributed by atoms with Gasteiger partial charge in [-0.3, -0.25) is 0 Å². The number of amides is 2. The number of nitriles is 1. The highest BCUT2D eigenvalue weighted by Crippen LogP contribution is 2.46. The van der Waals surface area contributed by atoms with Gasteiger partial charge in [0.15, 0.2) is 11.4 Å². The zero-order chi connectivity index (χ0) is 25.9. The van der Waals surface area contributed by atoms with Crippen molar-refractivity contribution < 1.29 is 9.18 Å². The van der Waals surface area contributed by atoms with E-state index in [9.17, 15) is 14.4 Å². The van der Waals surface area contributed by atoms with Crippen LogP contribution in [0.25, 0.3) is 0 Å². The van der Waals surface area contributed by atoms with E-state index in [4.69, 9.17) is 4.99 Å². The normalized spacial score (nSPS) is 24.5. The molecule has 2 aromatic rings. The molecule has 2 fully saturated rings. The highest BCUT2D eigenvalue weighted by Gasteiger charge is 2.65. The first-order valence-electron chi connectivity index (χ1n) is 13.7. The fourth-order valence-electron chi connectivity index (χ4n) is 6.62. The van der Waals surface area contributed by atoms with Crippen LogP contribution < -0.4 is 15.1 Å². The Hall–Kier alpha value is -3.08. The van der Waals surface area contributed by atoms with Crippen molar-refractivity contribution in [2.45, 2.75) is 76.4 Å². The molecule has 0 bridgehead atoms. The summed E-state index contributed by atoms with van der Waals surface area (Å²) in [4.78, 5) is 19.0. The number of nitrogens with one attached hydrogen (secondary N) is 2. The average Bonchev–Trinajstić information content (AvgIpc) is 3.12. The van der Waals surface area contributed by atoms with Crippen LogP contribution in [0.4, 0.5) is 14.9 Å². The Balaban J connectivity index is 1.61. The molecule has 1 saturated heterocycles. The van der Waals surface area contributed by atoms with E-state index in [0.29, 0.717) is 24.7 Å². The lowest BCUT2D eigenvalue weighted by Crippen LogP contribution is -2.72.